The smallest absolute Gasteiger partial charge is 1.00 e. The normalized spacial score (nSPS) is 11.5. The Bertz CT molecular complexity index is 217. The average Bonchev–Trinajstić information content (AvgIpc) is 1.81. The topological polar surface area (TPSA) is 143 Å². The second-order valence-corrected chi connectivity index (χ2v) is 4.08. The predicted molar refractivity (Wildman–Crippen MR) is 39.3 cm³/mol. The van der Waals surface area contributed by atoms with E-state index in [0.29, 0.717) is 0 Å². The van der Waals surface area contributed by atoms with Crippen LogP contribution in [0.1, 0.15) is 2.85 Å². The molecule has 0 saturated heterocycles. The molecular formula is C2H10Na2O9P2. The van der Waals surface area contributed by atoms with Crippen molar-refractivity contribution in [2.45, 2.75) is 0 Å². The van der Waals surface area contributed by atoms with Crippen LogP contribution in [0, 0.1) is 0 Å². The summed E-state index contributed by atoms with van der Waals surface area (Å²) < 4.78 is 27.3. The molecule has 0 atom stereocenters. The Morgan fingerprint density at radius 3 is 1.73 bits per heavy atom. The zero-order chi connectivity index (χ0) is 10.5. The van der Waals surface area contributed by atoms with Gasteiger partial charge in [-0.05, 0) is 0 Å². The Morgan fingerprint density at radius 1 is 0.933 bits per heavy atom. The third kappa shape index (κ3) is 21.9. The Morgan fingerprint density at radius 2 is 1.40 bits per heavy atom. The van der Waals surface area contributed by atoms with Gasteiger partial charge in [0.05, 0.1) is 6.61 Å². The van der Waals surface area contributed by atoms with Gasteiger partial charge in [0, 0.05) is 0 Å². The van der Waals surface area contributed by atoms with E-state index >= 15 is 0 Å². The fourth-order valence-electron chi connectivity index (χ4n) is 0.296. The van der Waals surface area contributed by atoms with E-state index in [2.05, 4.69) is 14.1 Å². The molecule has 0 rings (SSSR count). The van der Waals surface area contributed by atoms with Crippen molar-refractivity contribution < 1.29 is 105 Å². The molecule has 0 spiro atoms. The molecule has 0 radical (unpaired) electrons. The van der Waals surface area contributed by atoms with E-state index in [9.17, 15) is 9.13 Å². The molecule has 0 aliphatic heterocycles. The third-order valence-corrected chi connectivity index (χ3v) is 1.39. The van der Waals surface area contributed by atoms with Crippen molar-refractivity contribution in [2.24, 2.45) is 0 Å². The molecule has 0 aliphatic rings. The van der Waals surface area contributed by atoms with Gasteiger partial charge in [0.15, 0.2) is 0 Å². The summed E-state index contributed by atoms with van der Waals surface area (Å²) in [4.78, 5) is 36.2. The minimum absolute atomic E-state index is 0. The van der Waals surface area contributed by atoms with Gasteiger partial charge in [0.1, 0.15) is 6.61 Å². The van der Waals surface area contributed by atoms with Crippen LogP contribution in [0.5, 0.6) is 0 Å². The standard InChI is InChI=1S/C2H8O9P2.2Na.2H/c3-12(4,5)10-2-1-9-11-13(6,7)8;;;;/h1-2H2,(H2,3,4,5)(H2,6,7,8);;;;/q;2*+1;2*-1. The van der Waals surface area contributed by atoms with Gasteiger partial charge in [-0.3, -0.25) is 4.52 Å². The first-order valence-corrected chi connectivity index (χ1v) is 5.83. The van der Waals surface area contributed by atoms with E-state index in [0.717, 1.165) is 0 Å². The first-order chi connectivity index (χ1) is 5.71. The Balaban J connectivity index is -0.000000120. The van der Waals surface area contributed by atoms with Crippen molar-refractivity contribution in [2.75, 3.05) is 13.2 Å². The summed E-state index contributed by atoms with van der Waals surface area (Å²) in [6, 6.07) is 0. The van der Waals surface area contributed by atoms with E-state index < -0.39 is 28.9 Å². The quantitative estimate of drug-likeness (QED) is 0.123. The molecule has 13 heteroatoms. The summed E-state index contributed by atoms with van der Waals surface area (Å²) in [5, 5.41) is 0. The largest absolute Gasteiger partial charge is 1.00 e. The summed E-state index contributed by atoms with van der Waals surface area (Å²) in [5.74, 6) is 0. The van der Waals surface area contributed by atoms with E-state index in [1.807, 2.05) is 0 Å². The Kier molecular flexibility index (Phi) is 15.1. The van der Waals surface area contributed by atoms with Gasteiger partial charge in [-0.25, -0.2) is 14.0 Å². The number of hydrogen-bond donors (Lipinski definition) is 4. The fourth-order valence-corrected chi connectivity index (χ4v) is 0.820. The SMILES string of the molecule is O=P(O)(O)OCCOOP(=O)(O)O.[H-].[H-].[Na+].[Na+]. The molecule has 0 aliphatic carbocycles. The third-order valence-electron chi connectivity index (χ3n) is 0.576. The molecular weight excluding hydrogens is 276 g/mol. The van der Waals surface area contributed by atoms with Crippen molar-refractivity contribution >= 4 is 15.6 Å². The number of rotatable bonds is 6. The van der Waals surface area contributed by atoms with Crippen molar-refractivity contribution in [1.29, 1.82) is 0 Å². The van der Waals surface area contributed by atoms with Gasteiger partial charge in [0.25, 0.3) is 0 Å². The predicted octanol–water partition coefficient (Wildman–Crippen LogP) is -6.63. The van der Waals surface area contributed by atoms with Gasteiger partial charge in [-0.2, -0.15) is 0 Å². The van der Waals surface area contributed by atoms with Crippen LogP contribution in [0.4, 0.5) is 0 Å². The second-order valence-electron chi connectivity index (χ2n) is 1.71. The molecule has 0 saturated carbocycles. The summed E-state index contributed by atoms with van der Waals surface area (Å²) >= 11 is 0. The maximum absolute atomic E-state index is 10.0. The van der Waals surface area contributed by atoms with Crippen molar-refractivity contribution in [1.82, 2.24) is 0 Å². The molecule has 0 aromatic heterocycles. The van der Waals surface area contributed by atoms with E-state index in [1.165, 1.54) is 0 Å². The minimum Gasteiger partial charge on any atom is -1.00 e. The maximum atomic E-state index is 10.0. The monoisotopic (exact) mass is 286 g/mol. The van der Waals surface area contributed by atoms with Crippen LogP contribution in [-0.4, -0.2) is 32.8 Å². The van der Waals surface area contributed by atoms with Gasteiger partial charge in [-0.1, -0.05) is 0 Å². The Labute approximate surface area is 132 Å². The molecule has 0 aromatic carbocycles. The van der Waals surface area contributed by atoms with Crippen molar-refractivity contribution in [3.63, 3.8) is 0 Å². The van der Waals surface area contributed by atoms with E-state index in [4.69, 9.17) is 19.6 Å². The van der Waals surface area contributed by atoms with Gasteiger partial charge >= 0.3 is 74.8 Å². The molecule has 0 amide bonds. The molecule has 84 valence electrons. The van der Waals surface area contributed by atoms with E-state index in [-0.39, 0.29) is 62.0 Å². The van der Waals surface area contributed by atoms with Crippen LogP contribution >= 0.6 is 15.6 Å². The van der Waals surface area contributed by atoms with Gasteiger partial charge < -0.3 is 22.4 Å². The molecule has 4 N–H and O–H groups in total. The molecule has 9 nitrogen and oxygen atoms in total. The zero-order valence-electron chi connectivity index (χ0n) is 10.1. The second kappa shape index (κ2) is 10.1. The van der Waals surface area contributed by atoms with Crippen LogP contribution in [-0.2, 0) is 23.2 Å². The summed E-state index contributed by atoms with van der Waals surface area (Å²) in [5.41, 5.74) is 0. The van der Waals surface area contributed by atoms with Crippen LogP contribution in [0.2, 0.25) is 0 Å². The number of hydrogen-bond acceptors (Lipinski definition) is 5. The summed E-state index contributed by atoms with van der Waals surface area (Å²) in [6.45, 7) is -1.07. The number of phosphoric ester groups is 1. The number of phosphoric acid groups is 2. The Hall–Kier alpha value is 2.18. The molecule has 15 heavy (non-hydrogen) atoms. The maximum Gasteiger partial charge on any atom is 1.00 e. The summed E-state index contributed by atoms with van der Waals surface area (Å²) in [7, 11) is -9.29. The van der Waals surface area contributed by atoms with Crippen LogP contribution < -0.4 is 59.1 Å². The van der Waals surface area contributed by atoms with Crippen LogP contribution in [0.3, 0.4) is 0 Å². The molecule has 0 bridgehead atoms. The van der Waals surface area contributed by atoms with Crippen molar-refractivity contribution in [3.8, 4) is 0 Å². The molecule has 0 fully saturated rings. The molecule has 0 unspecified atom stereocenters. The zero-order valence-corrected chi connectivity index (χ0v) is 13.9. The first kappa shape index (κ1) is 22.4. The minimum atomic E-state index is -4.72. The van der Waals surface area contributed by atoms with Gasteiger partial charge in [-0.15, -0.1) is 4.67 Å². The van der Waals surface area contributed by atoms with E-state index in [1.54, 1.807) is 0 Å². The molecule has 0 heterocycles. The first-order valence-electron chi connectivity index (χ1n) is 2.77. The van der Waals surface area contributed by atoms with Gasteiger partial charge in [0.2, 0.25) is 0 Å². The molecule has 0 aromatic rings. The van der Waals surface area contributed by atoms with Crippen LogP contribution in [0.25, 0.3) is 0 Å². The fraction of sp³-hybridized carbons (Fsp3) is 1.00. The van der Waals surface area contributed by atoms with Crippen molar-refractivity contribution in [3.05, 3.63) is 0 Å². The summed E-state index contributed by atoms with van der Waals surface area (Å²) in [6.07, 6.45) is 0. The van der Waals surface area contributed by atoms with Crippen LogP contribution in [0.15, 0.2) is 0 Å². The average molecular weight is 286 g/mol.